The number of carbonyl (C=O) groups excluding carboxylic acids is 2. The molecular weight excluding hydrogens is 387 g/mol. The molecule has 28 heavy (non-hydrogen) atoms. The molecule has 0 aliphatic rings. The lowest BCUT2D eigenvalue weighted by Gasteiger charge is -2.15. The van der Waals surface area contributed by atoms with Gasteiger partial charge < -0.3 is 10.1 Å². The van der Waals surface area contributed by atoms with Gasteiger partial charge >= 0.3 is 5.97 Å². The summed E-state index contributed by atoms with van der Waals surface area (Å²) in [5, 5.41) is 7.62. The van der Waals surface area contributed by atoms with Crippen LogP contribution in [0.2, 0.25) is 0 Å². The van der Waals surface area contributed by atoms with E-state index in [0.717, 1.165) is 30.2 Å². The van der Waals surface area contributed by atoms with Gasteiger partial charge in [0.2, 0.25) is 10.0 Å². The minimum atomic E-state index is -4.11. The predicted octanol–water partition coefficient (Wildman–Crippen LogP) is 2.07. The van der Waals surface area contributed by atoms with Crippen molar-refractivity contribution < 1.29 is 27.1 Å². The van der Waals surface area contributed by atoms with Crippen molar-refractivity contribution in [2.24, 2.45) is 5.14 Å². The largest absolute Gasteiger partial charge is 0.452 e. The maximum Gasteiger partial charge on any atom is 0.341 e. The van der Waals surface area contributed by atoms with Gasteiger partial charge in [-0.15, -0.1) is 0 Å². The minimum absolute atomic E-state index is 0.320. The molecule has 3 N–H and O–H groups in total. The molecule has 0 unspecified atom stereocenters. The number of aryl methyl sites for hydroxylation is 1. The second kappa shape index (κ2) is 8.94. The fourth-order valence-electron chi connectivity index (χ4n) is 2.46. The van der Waals surface area contributed by atoms with Crippen molar-refractivity contribution in [2.45, 2.75) is 31.2 Å². The van der Waals surface area contributed by atoms with E-state index in [0.29, 0.717) is 0 Å². The standard InChI is InChI=1S/C19H21FN2O5S/c1-3-13-4-6-14(7-5-13)12(2)22-18(23)11-27-19(24)16-10-15(28(21,25)26)8-9-17(16)20/h4-10,12H,3,11H2,1-2H3,(H,22,23)(H2,21,25,26)/t12-/m0/s1. The first kappa shape index (κ1) is 21.5. The summed E-state index contributed by atoms with van der Waals surface area (Å²) < 4.78 is 41.2. The summed E-state index contributed by atoms with van der Waals surface area (Å²) in [6, 6.07) is 9.87. The molecule has 2 rings (SSSR count). The molecule has 1 atom stereocenters. The Bertz CT molecular complexity index is 974. The van der Waals surface area contributed by atoms with E-state index in [2.05, 4.69) is 5.32 Å². The fraction of sp³-hybridized carbons (Fsp3) is 0.263. The molecule has 0 spiro atoms. The quantitative estimate of drug-likeness (QED) is 0.681. The summed E-state index contributed by atoms with van der Waals surface area (Å²) in [5.41, 5.74) is 1.42. The molecule has 0 heterocycles. The van der Waals surface area contributed by atoms with Gasteiger partial charge in [-0.1, -0.05) is 31.2 Å². The zero-order valence-corrected chi connectivity index (χ0v) is 16.3. The smallest absolute Gasteiger partial charge is 0.341 e. The Morgan fingerprint density at radius 2 is 1.82 bits per heavy atom. The summed E-state index contributed by atoms with van der Waals surface area (Å²) in [4.78, 5) is 23.6. The molecule has 1 amide bonds. The van der Waals surface area contributed by atoms with Gasteiger partial charge in [0.05, 0.1) is 16.5 Å². The van der Waals surface area contributed by atoms with Gasteiger partial charge in [0, 0.05) is 0 Å². The highest BCUT2D eigenvalue weighted by atomic mass is 32.2. The normalized spacial score (nSPS) is 12.3. The second-order valence-corrected chi connectivity index (χ2v) is 7.71. The third-order valence-corrected chi connectivity index (χ3v) is 5.00. The average molecular weight is 408 g/mol. The van der Waals surface area contributed by atoms with E-state index < -0.39 is 44.8 Å². The van der Waals surface area contributed by atoms with Crippen LogP contribution < -0.4 is 10.5 Å². The number of hydrogen-bond acceptors (Lipinski definition) is 5. The Labute approximate surface area is 162 Å². The molecule has 0 bridgehead atoms. The summed E-state index contributed by atoms with van der Waals surface area (Å²) >= 11 is 0. The fourth-order valence-corrected chi connectivity index (χ4v) is 2.99. The SMILES string of the molecule is CCc1ccc([C@H](C)NC(=O)COC(=O)c2cc(S(N)(=O)=O)ccc2F)cc1. The molecule has 0 fully saturated rings. The van der Waals surface area contributed by atoms with Crippen LogP contribution in [0.25, 0.3) is 0 Å². The lowest BCUT2D eigenvalue weighted by atomic mass is 10.1. The Morgan fingerprint density at radius 3 is 2.39 bits per heavy atom. The molecule has 150 valence electrons. The number of benzene rings is 2. The molecule has 0 saturated heterocycles. The van der Waals surface area contributed by atoms with Crippen LogP contribution in [-0.2, 0) is 26.0 Å². The van der Waals surface area contributed by atoms with E-state index >= 15 is 0 Å². The van der Waals surface area contributed by atoms with Crippen LogP contribution in [0, 0.1) is 5.82 Å². The Balaban J connectivity index is 1.97. The highest BCUT2D eigenvalue weighted by Crippen LogP contribution is 2.16. The van der Waals surface area contributed by atoms with Gasteiger partial charge in [-0.25, -0.2) is 22.7 Å². The number of nitrogens with two attached hydrogens (primary N) is 1. The monoisotopic (exact) mass is 408 g/mol. The van der Waals surface area contributed by atoms with Crippen LogP contribution in [0.1, 0.15) is 41.4 Å². The van der Waals surface area contributed by atoms with Crippen LogP contribution in [0.4, 0.5) is 4.39 Å². The molecule has 0 aliphatic carbocycles. The number of nitrogens with one attached hydrogen (secondary N) is 1. The number of esters is 1. The van der Waals surface area contributed by atoms with Crippen molar-refractivity contribution >= 4 is 21.9 Å². The van der Waals surface area contributed by atoms with Crippen LogP contribution in [0.15, 0.2) is 47.4 Å². The molecular formula is C19H21FN2O5S. The molecule has 9 heteroatoms. The van der Waals surface area contributed by atoms with Crippen molar-refractivity contribution in [1.82, 2.24) is 5.32 Å². The van der Waals surface area contributed by atoms with Crippen LogP contribution in [0.5, 0.6) is 0 Å². The number of rotatable bonds is 7. The first-order valence-electron chi connectivity index (χ1n) is 8.49. The highest BCUT2D eigenvalue weighted by Gasteiger charge is 2.19. The summed E-state index contributed by atoms with van der Waals surface area (Å²) in [6.45, 7) is 3.17. The first-order chi connectivity index (χ1) is 13.1. The van der Waals surface area contributed by atoms with Gasteiger partial charge in [-0.3, -0.25) is 4.79 Å². The van der Waals surface area contributed by atoms with Crippen molar-refractivity contribution in [3.63, 3.8) is 0 Å². The zero-order chi connectivity index (χ0) is 20.9. The summed E-state index contributed by atoms with van der Waals surface area (Å²) in [5.74, 6) is -2.73. The Kier molecular flexibility index (Phi) is 6.87. The first-order valence-corrected chi connectivity index (χ1v) is 10.0. The minimum Gasteiger partial charge on any atom is -0.452 e. The van der Waals surface area contributed by atoms with Crippen molar-refractivity contribution in [2.75, 3.05) is 6.61 Å². The van der Waals surface area contributed by atoms with Crippen LogP contribution in [0.3, 0.4) is 0 Å². The van der Waals surface area contributed by atoms with E-state index in [-0.39, 0.29) is 6.04 Å². The average Bonchev–Trinajstić information content (AvgIpc) is 2.65. The summed E-state index contributed by atoms with van der Waals surface area (Å²) in [6.07, 6.45) is 0.903. The van der Waals surface area contributed by atoms with Crippen LogP contribution >= 0.6 is 0 Å². The van der Waals surface area contributed by atoms with Crippen LogP contribution in [-0.4, -0.2) is 26.9 Å². The number of primary sulfonamides is 1. The van der Waals surface area contributed by atoms with Crippen molar-refractivity contribution in [1.29, 1.82) is 0 Å². The number of carbonyl (C=O) groups is 2. The van der Waals surface area contributed by atoms with Gasteiger partial charge in [-0.05, 0) is 42.7 Å². The maximum atomic E-state index is 13.8. The molecule has 2 aromatic carbocycles. The Morgan fingerprint density at radius 1 is 1.18 bits per heavy atom. The molecule has 7 nitrogen and oxygen atoms in total. The van der Waals surface area contributed by atoms with Gasteiger partial charge in [0.25, 0.3) is 5.91 Å². The lowest BCUT2D eigenvalue weighted by molar-refractivity contribution is -0.124. The topological polar surface area (TPSA) is 116 Å². The number of sulfonamides is 1. The molecule has 2 aromatic rings. The second-order valence-electron chi connectivity index (χ2n) is 6.15. The lowest BCUT2D eigenvalue weighted by Crippen LogP contribution is -2.31. The predicted molar refractivity (Wildman–Crippen MR) is 100 cm³/mol. The van der Waals surface area contributed by atoms with Crippen molar-refractivity contribution in [3.05, 3.63) is 65.0 Å². The molecule has 0 saturated carbocycles. The molecule has 0 aliphatic heterocycles. The van der Waals surface area contributed by atoms with E-state index in [1.807, 2.05) is 31.2 Å². The third-order valence-electron chi connectivity index (χ3n) is 4.09. The maximum absolute atomic E-state index is 13.8. The van der Waals surface area contributed by atoms with E-state index in [1.165, 1.54) is 5.56 Å². The number of hydrogen-bond donors (Lipinski definition) is 2. The van der Waals surface area contributed by atoms with Gasteiger partial charge in [0.15, 0.2) is 6.61 Å². The van der Waals surface area contributed by atoms with E-state index in [1.54, 1.807) is 6.92 Å². The Hall–Kier alpha value is -2.78. The van der Waals surface area contributed by atoms with Gasteiger partial charge in [-0.2, -0.15) is 0 Å². The molecule has 0 radical (unpaired) electrons. The van der Waals surface area contributed by atoms with Gasteiger partial charge in [0.1, 0.15) is 5.82 Å². The zero-order valence-electron chi connectivity index (χ0n) is 15.4. The van der Waals surface area contributed by atoms with E-state index in [9.17, 15) is 22.4 Å². The van der Waals surface area contributed by atoms with E-state index in [4.69, 9.17) is 9.88 Å². The highest BCUT2D eigenvalue weighted by molar-refractivity contribution is 7.89. The third kappa shape index (κ3) is 5.61. The number of amides is 1. The summed E-state index contributed by atoms with van der Waals surface area (Å²) in [7, 11) is -4.11. The number of halogens is 1. The molecule has 0 aromatic heterocycles. The number of ether oxygens (including phenoxy) is 1. The van der Waals surface area contributed by atoms with Crippen molar-refractivity contribution in [3.8, 4) is 0 Å².